The minimum Gasteiger partial charge on any atom is -0.482 e. The average molecular weight is 272 g/mol. The van der Waals surface area contributed by atoms with E-state index in [1.165, 1.54) is 0 Å². The van der Waals surface area contributed by atoms with E-state index in [9.17, 15) is 4.79 Å². The summed E-state index contributed by atoms with van der Waals surface area (Å²) < 4.78 is 5.39. The zero-order valence-electron chi connectivity index (χ0n) is 10.1. The van der Waals surface area contributed by atoms with Crippen molar-refractivity contribution in [3.63, 3.8) is 0 Å². The lowest BCUT2D eigenvalue weighted by molar-refractivity contribution is -0.118. The van der Waals surface area contributed by atoms with Crippen molar-refractivity contribution >= 4 is 29.0 Å². The number of nitrogens with two attached hydrogens (primary N) is 1. The van der Waals surface area contributed by atoms with Gasteiger partial charge in [0.15, 0.2) is 6.61 Å². The van der Waals surface area contributed by atoms with E-state index < -0.39 is 0 Å². The summed E-state index contributed by atoms with van der Waals surface area (Å²) in [4.78, 5) is 13.2. The van der Waals surface area contributed by atoms with Gasteiger partial charge in [-0.05, 0) is 30.3 Å². The molecule has 3 rings (SSSR count). The number of rotatable bonds is 2. The molecule has 4 nitrogen and oxygen atoms in total. The maximum Gasteiger partial charge on any atom is 0.262 e. The first-order valence-electron chi connectivity index (χ1n) is 5.81. The molecule has 3 N–H and O–H groups in total. The topological polar surface area (TPSA) is 64.3 Å². The Kier molecular flexibility index (Phi) is 3.05. The summed E-state index contributed by atoms with van der Waals surface area (Å²) in [5, 5.41) is 2.76. The van der Waals surface area contributed by atoms with Crippen LogP contribution in [0.4, 0.5) is 11.4 Å². The van der Waals surface area contributed by atoms with Crippen molar-refractivity contribution < 1.29 is 9.53 Å². The quantitative estimate of drug-likeness (QED) is 0.825. The highest BCUT2D eigenvalue weighted by atomic mass is 32.2. The van der Waals surface area contributed by atoms with E-state index in [4.69, 9.17) is 10.5 Å². The molecular weight excluding hydrogens is 260 g/mol. The molecule has 0 saturated carbocycles. The Morgan fingerprint density at radius 3 is 2.89 bits per heavy atom. The Balaban J connectivity index is 1.87. The first kappa shape index (κ1) is 11.9. The molecule has 2 aromatic rings. The number of hydrogen-bond donors (Lipinski definition) is 2. The molecule has 0 unspecified atom stereocenters. The molecule has 0 atom stereocenters. The molecule has 0 fully saturated rings. The number of carbonyl (C=O) groups excluding carboxylic acids is 1. The Morgan fingerprint density at radius 1 is 1.21 bits per heavy atom. The van der Waals surface area contributed by atoms with Crippen molar-refractivity contribution in [1.82, 2.24) is 0 Å². The summed E-state index contributed by atoms with van der Waals surface area (Å²) in [6.45, 7) is 0.0641. The Hall–Kier alpha value is -2.14. The molecule has 2 aromatic carbocycles. The summed E-state index contributed by atoms with van der Waals surface area (Å²) in [5.41, 5.74) is 7.37. The van der Waals surface area contributed by atoms with Crippen LogP contribution in [0.1, 0.15) is 0 Å². The van der Waals surface area contributed by atoms with Crippen LogP contribution < -0.4 is 15.8 Å². The van der Waals surface area contributed by atoms with Crippen molar-refractivity contribution in [1.29, 1.82) is 0 Å². The number of ether oxygens (including phenoxy) is 1. The summed E-state index contributed by atoms with van der Waals surface area (Å²) in [6.07, 6.45) is 0. The zero-order valence-corrected chi connectivity index (χ0v) is 10.9. The third kappa shape index (κ3) is 2.51. The van der Waals surface area contributed by atoms with E-state index in [-0.39, 0.29) is 12.5 Å². The van der Waals surface area contributed by atoms with Crippen LogP contribution in [-0.4, -0.2) is 12.5 Å². The minimum atomic E-state index is -0.125. The lowest BCUT2D eigenvalue weighted by Gasteiger charge is -2.18. The molecule has 1 amide bonds. The average Bonchev–Trinajstić information content (AvgIpc) is 2.41. The fourth-order valence-electron chi connectivity index (χ4n) is 1.82. The number of nitrogen functional groups attached to an aromatic ring is 1. The number of anilines is 2. The number of para-hydroxylation sites is 1. The van der Waals surface area contributed by atoms with E-state index >= 15 is 0 Å². The predicted molar refractivity (Wildman–Crippen MR) is 75.5 cm³/mol. The summed E-state index contributed by atoms with van der Waals surface area (Å²) in [5.74, 6) is 0.569. The van der Waals surface area contributed by atoms with Gasteiger partial charge >= 0.3 is 0 Å². The second-order valence-electron chi connectivity index (χ2n) is 4.13. The summed E-state index contributed by atoms with van der Waals surface area (Å²) in [7, 11) is 0. The second kappa shape index (κ2) is 4.85. The maximum atomic E-state index is 11.2. The van der Waals surface area contributed by atoms with E-state index in [1.807, 2.05) is 42.5 Å². The number of carbonyl (C=O) groups is 1. The number of fused-ring (bicyclic) bond motifs is 1. The van der Waals surface area contributed by atoms with Gasteiger partial charge in [0.05, 0.1) is 5.69 Å². The van der Waals surface area contributed by atoms with Crippen LogP contribution in [0.2, 0.25) is 0 Å². The molecule has 19 heavy (non-hydrogen) atoms. The van der Waals surface area contributed by atoms with E-state index in [2.05, 4.69) is 5.32 Å². The third-order valence-corrected chi connectivity index (χ3v) is 3.81. The van der Waals surface area contributed by atoms with E-state index in [0.29, 0.717) is 11.4 Å². The molecule has 0 spiro atoms. The van der Waals surface area contributed by atoms with Crippen molar-refractivity contribution in [3.05, 3.63) is 42.5 Å². The zero-order chi connectivity index (χ0) is 13.2. The van der Waals surface area contributed by atoms with Gasteiger partial charge in [-0.25, -0.2) is 0 Å². The molecular formula is C14H12N2O2S. The van der Waals surface area contributed by atoms with Gasteiger partial charge in [0.25, 0.3) is 5.91 Å². The number of hydrogen-bond acceptors (Lipinski definition) is 4. The van der Waals surface area contributed by atoms with Crippen LogP contribution in [0.15, 0.2) is 52.3 Å². The molecule has 0 bridgehead atoms. The highest BCUT2D eigenvalue weighted by Gasteiger charge is 2.16. The molecule has 1 aliphatic heterocycles. The van der Waals surface area contributed by atoms with Crippen LogP contribution in [0.3, 0.4) is 0 Å². The minimum absolute atomic E-state index is 0.0641. The SMILES string of the molecule is Nc1ccccc1Sc1ccc2c(c1)OCC(=O)N2. The molecule has 0 radical (unpaired) electrons. The van der Waals surface area contributed by atoms with Gasteiger partial charge in [0.1, 0.15) is 5.75 Å². The third-order valence-electron chi connectivity index (χ3n) is 2.73. The van der Waals surface area contributed by atoms with Crippen LogP contribution in [0.5, 0.6) is 5.75 Å². The van der Waals surface area contributed by atoms with Gasteiger partial charge in [-0.2, -0.15) is 0 Å². The lowest BCUT2D eigenvalue weighted by Crippen LogP contribution is -2.25. The normalized spacial score (nSPS) is 13.4. The first-order chi connectivity index (χ1) is 9.22. The molecule has 0 saturated heterocycles. The van der Waals surface area contributed by atoms with Gasteiger partial charge < -0.3 is 15.8 Å². The fourth-order valence-corrected chi connectivity index (χ4v) is 2.71. The highest BCUT2D eigenvalue weighted by Crippen LogP contribution is 2.37. The molecule has 0 aromatic heterocycles. The smallest absolute Gasteiger partial charge is 0.262 e. The number of amides is 1. The monoisotopic (exact) mass is 272 g/mol. The Labute approximate surface area is 115 Å². The molecule has 1 aliphatic rings. The second-order valence-corrected chi connectivity index (χ2v) is 5.25. The molecule has 5 heteroatoms. The van der Waals surface area contributed by atoms with Crippen molar-refractivity contribution in [3.8, 4) is 5.75 Å². The van der Waals surface area contributed by atoms with E-state index in [1.54, 1.807) is 11.8 Å². The number of nitrogens with one attached hydrogen (secondary N) is 1. The van der Waals surface area contributed by atoms with Crippen molar-refractivity contribution in [2.75, 3.05) is 17.7 Å². The Morgan fingerprint density at radius 2 is 2.05 bits per heavy atom. The maximum absolute atomic E-state index is 11.2. The van der Waals surface area contributed by atoms with Gasteiger partial charge in [0, 0.05) is 15.5 Å². The van der Waals surface area contributed by atoms with Crippen LogP contribution in [-0.2, 0) is 4.79 Å². The lowest BCUT2D eigenvalue weighted by atomic mass is 10.2. The standard InChI is InChI=1S/C14H12N2O2S/c15-10-3-1-2-4-13(10)19-9-5-6-11-12(7-9)18-8-14(17)16-11/h1-7H,8,15H2,(H,16,17). The van der Waals surface area contributed by atoms with Crippen molar-refractivity contribution in [2.45, 2.75) is 9.79 Å². The van der Waals surface area contributed by atoms with Crippen molar-refractivity contribution in [2.24, 2.45) is 0 Å². The molecule has 0 aliphatic carbocycles. The van der Waals surface area contributed by atoms with Gasteiger partial charge in [0.2, 0.25) is 0 Å². The van der Waals surface area contributed by atoms with Gasteiger partial charge in [-0.1, -0.05) is 23.9 Å². The molecule has 96 valence electrons. The van der Waals surface area contributed by atoms with Gasteiger partial charge in [-0.3, -0.25) is 4.79 Å². The fraction of sp³-hybridized carbons (Fsp3) is 0.0714. The van der Waals surface area contributed by atoms with Crippen LogP contribution >= 0.6 is 11.8 Å². The largest absolute Gasteiger partial charge is 0.482 e. The van der Waals surface area contributed by atoms with Crippen LogP contribution in [0, 0.1) is 0 Å². The number of benzene rings is 2. The molecule has 1 heterocycles. The summed E-state index contributed by atoms with van der Waals surface area (Å²) >= 11 is 1.57. The Bertz CT molecular complexity index is 643. The van der Waals surface area contributed by atoms with E-state index in [0.717, 1.165) is 15.5 Å². The van der Waals surface area contributed by atoms with Crippen LogP contribution in [0.25, 0.3) is 0 Å². The highest BCUT2D eigenvalue weighted by molar-refractivity contribution is 7.99. The van der Waals surface area contributed by atoms with Gasteiger partial charge in [-0.15, -0.1) is 0 Å². The first-order valence-corrected chi connectivity index (χ1v) is 6.63. The predicted octanol–water partition coefficient (Wildman–Crippen LogP) is 2.75. The summed E-state index contributed by atoms with van der Waals surface area (Å²) in [6, 6.07) is 13.4.